The largest absolute Gasteiger partial charge is 0.340 e. The van der Waals surface area contributed by atoms with E-state index in [2.05, 4.69) is 47.6 Å². The van der Waals surface area contributed by atoms with Crippen molar-refractivity contribution in [1.29, 1.82) is 5.26 Å². The molecule has 6 nitrogen and oxygen atoms in total. The normalized spacial score (nSPS) is 15.9. The minimum atomic E-state index is -0.0805. The molecule has 1 atom stereocenters. The van der Waals surface area contributed by atoms with Crippen LogP contribution in [0.15, 0.2) is 54.6 Å². The first kappa shape index (κ1) is 21.1. The number of nitrogens with zero attached hydrogens (tertiary/aromatic N) is 5. The lowest BCUT2D eigenvalue weighted by molar-refractivity contribution is -0.133. The summed E-state index contributed by atoms with van der Waals surface area (Å²) in [7, 11) is 0. The minimum absolute atomic E-state index is 0.0805. The van der Waals surface area contributed by atoms with Gasteiger partial charge in [-0.15, -0.1) is 0 Å². The Morgan fingerprint density at radius 2 is 1.71 bits per heavy atom. The van der Waals surface area contributed by atoms with Gasteiger partial charge in [-0.2, -0.15) is 5.26 Å². The number of carbonyl (C=O) groups excluding carboxylic acids is 1. The second-order valence-electron chi connectivity index (χ2n) is 8.42. The highest BCUT2D eigenvalue weighted by atomic mass is 16.2. The number of nitriles is 1. The van der Waals surface area contributed by atoms with Crippen LogP contribution < -0.4 is 0 Å². The molecule has 0 bridgehead atoms. The van der Waals surface area contributed by atoms with Gasteiger partial charge < -0.3 is 4.90 Å². The molecule has 4 rings (SSSR count). The van der Waals surface area contributed by atoms with E-state index in [4.69, 9.17) is 4.98 Å². The molecule has 160 valence electrons. The van der Waals surface area contributed by atoms with Crippen LogP contribution in [0, 0.1) is 17.2 Å². The number of aromatic nitrogens is 2. The second-order valence-corrected chi connectivity index (χ2v) is 8.42. The fourth-order valence-corrected chi connectivity index (χ4v) is 4.39. The van der Waals surface area contributed by atoms with Gasteiger partial charge in [0.2, 0.25) is 5.91 Å². The van der Waals surface area contributed by atoms with Crippen molar-refractivity contribution in [2.45, 2.75) is 32.7 Å². The standard InChI is InChI=1S/C25H29N5O/c1-19(2)23(18-26)28-14-16-29(17-15-28)25(31)13-12-24-27-21-10-6-7-11-22(21)30(24)20-8-4-3-5-9-20/h3-11,19,23H,12-17H2,1-2H3. The van der Waals surface area contributed by atoms with Crippen molar-refractivity contribution in [2.24, 2.45) is 5.92 Å². The molecule has 0 spiro atoms. The van der Waals surface area contributed by atoms with Gasteiger partial charge in [0.1, 0.15) is 11.9 Å². The third-order valence-corrected chi connectivity index (χ3v) is 6.03. The zero-order valence-electron chi connectivity index (χ0n) is 18.2. The molecule has 1 aliphatic heterocycles. The Labute approximate surface area is 183 Å². The molecule has 0 radical (unpaired) electrons. The molecule has 2 aromatic carbocycles. The molecule has 0 N–H and O–H groups in total. The Morgan fingerprint density at radius 1 is 1.03 bits per heavy atom. The smallest absolute Gasteiger partial charge is 0.223 e. The summed E-state index contributed by atoms with van der Waals surface area (Å²) in [4.78, 5) is 21.9. The zero-order chi connectivity index (χ0) is 21.8. The van der Waals surface area contributed by atoms with E-state index < -0.39 is 0 Å². The number of carbonyl (C=O) groups is 1. The molecule has 31 heavy (non-hydrogen) atoms. The first-order valence-corrected chi connectivity index (χ1v) is 11.0. The third kappa shape index (κ3) is 4.47. The van der Waals surface area contributed by atoms with E-state index >= 15 is 0 Å². The highest BCUT2D eigenvalue weighted by Crippen LogP contribution is 2.22. The number of para-hydroxylation sites is 3. The number of rotatable bonds is 6. The fraction of sp³-hybridized carbons (Fsp3) is 0.400. The van der Waals surface area contributed by atoms with Gasteiger partial charge in [0.15, 0.2) is 0 Å². The first-order valence-electron chi connectivity index (χ1n) is 11.0. The van der Waals surface area contributed by atoms with Gasteiger partial charge in [0.05, 0.1) is 17.1 Å². The molecule has 1 amide bonds. The number of imidazole rings is 1. The monoisotopic (exact) mass is 415 g/mol. The first-order chi connectivity index (χ1) is 15.1. The highest BCUT2D eigenvalue weighted by Gasteiger charge is 2.27. The maximum atomic E-state index is 12.9. The van der Waals surface area contributed by atoms with Gasteiger partial charge in [0.25, 0.3) is 0 Å². The Bertz CT molecular complexity index is 1070. The Balaban J connectivity index is 1.44. The van der Waals surface area contributed by atoms with E-state index in [1.165, 1.54) is 0 Å². The summed E-state index contributed by atoms with van der Waals surface area (Å²) in [6, 6.07) is 20.6. The molecule has 1 fully saturated rings. The van der Waals surface area contributed by atoms with E-state index in [1.54, 1.807) is 0 Å². The number of amides is 1. The molecule has 2 heterocycles. The lowest BCUT2D eigenvalue weighted by atomic mass is 10.0. The van der Waals surface area contributed by atoms with E-state index in [-0.39, 0.29) is 11.9 Å². The number of aryl methyl sites for hydroxylation is 1. The van der Waals surface area contributed by atoms with Gasteiger partial charge in [-0.05, 0) is 30.2 Å². The number of benzene rings is 2. The van der Waals surface area contributed by atoms with Crippen LogP contribution in [0.2, 0.25) is 0 Å². The lowest BCUT2D eigenvalue weighted by Crippen LogP contribution is -2.52. The van der Waals surface area contributed by atoms with Crippen molar-refractivity contribution in [3.63, 3.8) is 0 Å². The van der Waals surface area contributed by atoms with Gasteiger partial charge in [-0.3, -0.25) is 14.3 Å². The van der Waals surface area contributed by atoms with Crippen LogP contribution in [-0.2, 0) is 11.2 Å². The predicted octanol–water partition coefficient (Wildman–Crippen LogP) is 3.65. The van der Waals surface area contributed by atoms with Crippen LogP contribution in [0.1, 0.15) is 26.1 Å². The summed E-state index contributed by atoms with van der Waals surface area (Å²) in [6.45, 7) is 7.02. The third-order valence-electron chi connectivity index (χ3n) is 6.03. The maximum Gasteiger partial charge on any atom is 0.223 e. The predicted molar refractivity (Wildman–Crippen MR) is 122 cm³/mol. The van der Waals surface area contributed by atoms with Crippen LogP contribution >= 0.6 is 0 Å². The summed E-state index contributed by atoms with van der Waals surface area (Å²) in [5, 5.41) is 9.43. The average molecular weight is 416 g/mol. The zero-order valence-corrected chi connectivity index (χ0v) is 18.2. The lowest BCUT2D eigenvalue weighted by Gasteiger charge is -2.38. The topological polar surface area (TPSA) is 65.2 Å². The van der Waals surface area contributed by atoms with Gasteiger partial charge in [-0.1, -0.05) is 44.2 Å². The SMILES string of the molecule is CC(C)C(C#N)N1CCN(C(=O)CCc2nc3ccccc3n2-c2ccccc2)CC1. The number of piperazine rings is 1. The molecule has 0 aliphatic carbocycles. The van der Waals surface area contributed by atoms with Gasteiger partial charge in [0, 0.05) is 44.7 Å². The van der Waals surface area contributed by atoms with Crippen molar-refractivity contribution < 1.29 is 4.79 Å². The van der Waals surface area contributed by atoms with E-state index in [0.717, 1.165) is 35.6 Å². The van der Waals surface area contributed by atoms with E-state index in [1.807, 2.05) is 41.3 Å². The molecule has 0 saturated carbocycles. The molecule has 3 aromatic rings. The van der Waals surface area contributed by atoms with Crippen LogP contribution in [0.25, 0.3) is 16.7 Å². The Kier molecular flexibility index (Phi) is 6.34. The number of hydrogen-bond donors (Lipinski definition) is 0. The molecule has 1 aromatic heterocycles. The summed E-state index contributed by atoms with van der Waals surface area (Å²) >= 11 is 0. The fourth-order valence-electron chi connectivity index (χ4n) is 4.39. The molecular formula is C25H29N5O. The summed E-state index contributed by atoms with van der Waals surface area (Å²) in [5.41, 5.74) is 3.06. The van der Waals surface area contributed by atoms with Crippen LogP contribution in [0.5, 0.6) is 0 Å². The van der Waals surface area contributed by atoms with Crippen molar-refractivity contribution in [3.05, 3.63) is 60.4 Å². The number of hydrogen-bond acceptors (Lipinski definition) is 4. The Hall–Kier alpha value is -3.17. The van der Waals surface area contributed by atoms with Crippen molar-refractivity contribution >= 4 is 16.9 Å². The van der Waals surface area contributed by atoms with Crippen LogP contribution in [0.4, 0.5) is 0 Å². The quantitative estimate of drug-likeness (QED) is 0.616. The maximum absolute atomic E-state index is 12.9. The Morgan fingerprint density at radius 3 is 2.39 bits per heavy atom. The minimum Gasteiger partial charge on any atom is -0.340 e. The van der Waals surface area contributed by atoms with Crippen molar-refractivity contribution in [3.8, 4) is 11.8 Å². The average Bonchev–Trinajstić information content (AvgIpc) is 3.17. The summed E-state index contributed by atoms with van der Waals surface area (Å²) in [6.07, 6.45) is 1.03. The molecular weight excluding hydrogens is 386 g/mol. The molecule has 6 heteroatoms. The molecule has 1 saturated heterocycles. The van der Waals surface area contributed by atoms with E-state index in [0.29, 0.717) is 31.8 Å². The second kappa shape index (κ2) is 9.32. The summed E-state index contributed by atoms with van der Waals surface area (Å²) in [5.74, 6) is 1.35. The van der Waals surface area contributed by atoms with Crippen LogP contribution in [0.3, 0.4) is 0 Å². The van der Waals surface area contributed by atoms with Crippen LogP contribution in [-0.4, -0.2) is 57.5 Å². The van der Waals surface area contributed by atoms with Crippen molar-refractivity contribution in [1.82, 2.24) is 19.4 Å². The van der Waals surface area contributed by atoms with Crippen molar-refractivity contribution in [2.75, 3.05) is 26.2 Å². The highest BCUT2D eigenvalue weighted by molar-refractivity contribution is 5.79. The van der Waals surface area contributed by atoms with Gasteiger partial charge in [-0.25, -0.2) is 4.98 Å². The van der Waals surface area contributed by atoms with E-state index in [9.17, 15) is 10.1 Å². The van der Waals surface area contributed by atoms with Gasteiger partial charge >= 0.3 is 0 Å². The molecule has 1 aliphatic rings. The molecule has 1 unspecified atom stereocenters. The summed E-state index contributed by atoms with van der Waals surface area (Å²) < 4.78 is 2.15. The number of fused-ring (bicyclic) bond motifs is 1.